The minimum Gasteiger partial charge on any atom is -0.386 e. The number of imidazole rings is 1. The number of aromatic nitrogens is 4. The normalized spacial score (nSPS) is 20.7. The van der Waals surface area contributed by atoms with Gasteiger partial charge in [0.25, 0.3) is 5.91 Å². The number of hydrogen-bond donors (Lipinski definition) is 3. The molecule has 4 saturated heterocycles. The molecule has 3 aromatic heterocycles. The van der Waals surface area contributed by atoms with Crippen LogP contribution in [0, 0.1) is 11.3 Å². The monoisotopic (exact) mass is 791 g/mol. The molecule has 0 saturated carbocycles. The molecule has 1 atom stereocenters. The van der Waals surface area contributed by atoms with Gasteiger partial charge in [-0.15, -0.1) is 0 Å². The number of nitrogens with zero attached hydrogens (tertiary/aromatic N) is 7. The number of amides is 3. The molecule has 3 amide bonds. The van der Waals surface area contributed by atoms with Crippen molar-refractivity contribution in [2.75, 3.05) is 60.9 Å². The summed E-state index contributed by atoms with van der Waals surface area (Å²) in [4.78, 5) is 67.5. The highest BCUT2D eigenvalue weighted by molar-refractivity contribution is 7.22. The Kier molecular flexibility index (Phi) is 9.44. The molecule has 4 fully saturated rings. The summed E-state index contributed by atoms with van der Waals surface area (Å²) < 4.78 is 4.18. The molecule has 0 aliphatic carbocycles. The van der Waals surface area contributed by atoms with Gasteiger partial charge in [-0.1, -0.05) is 23.5 Å². The number of thiazole rings is 1. The Bertz CT molecular complexity index is 2430. The van der Waals surface area contributed by atoms with Crippen LogP contribution in [0.1, 0.15) is 74.5 Å². The molecule has 9 rings (SSSR count). The number of nitrogens with one attached hydrogen (secondary N) is 2. The Balaban J connectivity index is 0.797. The summed E-state index contributed by atoms with van der Waals surface area (Å²) in [7, 11) is 1.77. The zero-order chi connectivity index (χ0) is 39.6. The lowest BCUT2D eigenvalue weighted by molar-refractivity contribution is -0.135. The van der Waals surface area contributed by atoms with Gasteiger partial charge >= 0.3 is 5.69 Å². The number of hydrogen-bond acceptors (Lipinski definition) is 11. The van der Waals surface area contributed by atoms with Crippen LogP contribution in [0.4, 0.5) is 16.5 Å². The first-order chi connectivity index (χ1) is 27.4. The zero-order valence-electron chi connectivity index (χ0n) is 32.7. The van der Waals surface area contributed by atoms with Gasteiger partial charge in [0, 0.05) is 76.7 Å². The molecular weight excluding hydrogens is 743 g/mol. The standard InChI is InChI=1S/C42H49N9O5S/c1-41(2,56)27-21-30-34(22-29(27)44-37(53)28-7-4-5-16-43-28)57-39(45-30)50-17-12-26(13-18-50)23-48-24-42(25-48)14-19-49(20-15-42)31-8-6-9-32-36(31)47(3)40(55)51(32)33-10-11-35(52)46-38(33)54/h4-9,16,21-22,26,33,56H,10-15,17-20,23-25H2,1-3H3,(H,44,53)(H,46,52,54). The molecule has 1 spiro atoms. The average Bonchev–Trinajstić information content (AvgIpc) is 3.72. The number of rotatable bonds is 8. The maximum atomic E-state index is 13.5. The summed E-state index contributed by atoms with van der Waals surface area (Å²) >= 11 is 1.62. The number of piperidine rings is 3. The Morgan fingerprint density at radius 2 is 1.77 bits per heavy atom. The second-order valence-electron chi connectivity index (χ2n) is 17.0. The molecule has 2 aromatic carbocycles. The Hall–Kier alpha value is -5.12. The fourth-order valence-corrected chi connectivity index (χ4v) is 10.6. The number of imide groups is 1. The quantitative estimate of drug-likeness (QED) is 0.190. The van der Waals surface area contributed by atoms with E-state index >= 15 is 0 Å². The number of benzene rings is 2. The van der Waals surface area contributed by atoms with Crippen molar-refractivity contribution in [2.45, 2.75) is 64.0 Å². The summed E-state index contributed by atoms with van der Waals surface area (Å²) in [5, 5.41) is 17.3. The summed E-state index contributed by atoms with van der Waals surface area (Å²) in [5.41, 5.74) is 3.80. The lowest BCUT2D eigenvalue weighted by Crippen LogP contribution is -2.61. The van der Waals surface area contributed by atoms with Crippen LogP contribution in [0.25, 0.3) is 21.3 Å². The van der Waals surface area contributed by atoms with Crippen molar-refractivity contribution in [3.8, 4) is 0 Å². The molecule has 1 unspecified atom stereocenters. The summed E-state index contributed by atoms with van der Waals surface area (Å²) in [5.74, 6) is -0.397. The van der Waals surface area contributed by atoms with Crippen molar-refractivity contribution in [1.29, 1.82) is 0 Å². The predicted molar refractivity (Wildman–Crippen MR) is 221 cm³/mol. The van der Waals surface area contributed by atoms with E-state index in [0.717, 1.165) is 104 Å². The molecule has 3 N–H and O–H groups in total. The van der Waals surface area contributed by atoms with E-state index < -0.39 is 17.6 Å². The third-order valence-corrected chi connectivity index (χ3v) is 13.7. The summed E-state index contributed by atoms with van der Waals surface area (Å²) in [6.07, 6.45) is 6.54. The summed E-state index contributed by atoms with van der Waals surface area (Å²) in [6.45, 7) is 10.5. The van der Waals surface area contributed by atoms with Crippen LogP contribution < -0.4 is 26.1 Å². The van der Waals surface area contributed by atoms with Gasteiger partial charge in [-0.2, -0.15) is 0 Å². The van der Waals surface area contributed by atoms with Crippen LogP contribution >= 0.6 is 11.3 Å². The Labute approximate surface area is 334 Å². The van der Waals surface area contributed by atoms with Crippen molar-refractivity contribution in [1.82, 2.24) is 29.3 Å². The number of carbonyl (C=O) groups is 3. The number of fused-ring (bicyclic) bond motifs is 2. The first-order valence-corrected chi connectivity index (χ1v) is 20.8. The van der Waals surface area contributed by atoms with Crippen LogP contribution in [0.15, 0.2) is 59.5 Å². The maximum Gasteiger partial charge on any atom is 0.329 e. The smallest absolute Gasteiger partial charge is 0.329 e. The second-order valence-corrected chi connectivity index (χ2v) is 18.0. The molecule has 15 heteroatoms. The predicted octanol–water partition coefficient (Wildman–Crippen LogP) is 4.62. The lowest BCUT2D eigenvalue weighted by Gasteiger charge is -2.55. The van der Waals surface area contributed by atoms with E-state index in [-0.39, 0.29) is 23.9 Å². The van der Waals surface area contributed by atoms with Gasteiger partial charge < -0.3 is 25.1 Å². The van der Waals surface area contributed by atoms with Crippen LogP contribution in [-0.2, 0) is 22.2 Å². The van der Waals surface area contributed by atoms with Gasteiger partial charge in [-0.25, -0.2) is 9.78 Å². The van der Waals surface area contributed by atoms with Crippen molar-refractivity contribution in [3.05, 3.63) is 76.5 Å². The molecular formula is C42H49N9O5S. The van der Waals surface area contributed by atoms with Gasteiger partial charge in [0.15, 0.2) is 5.13 Å². The van der Waals surface area contributed by atoms with Gasteiger partial charge in [0.2, 0.25) is 11.8 Å². The fourth-order valence-electron chi connectivity index (χ4n) is 9.53. The van der Waals surface area contributed by atoms with Gasteiger partial charge in [-0.05, 0) is 93.7 Å². The summed E-state index contributed by atoms with van der Waals surface area (Å²) in [6, 6.07) is 14.3. The molecule has 7 heterocycles. The third-order valence-electron chi connectivity index (χ3n) is 12.6. The van der Waals surface area contributed by atoms with Crippen molar-refractivity contribution < 1.29 is 19.5 Å². The van der Waals surface area contributed by atoms with E-state index in [1.54, 1.807) is 65.8 Å². The first kappa shape index (κ1) is 37.5. The third kappa shape index (κ3) is 6.99. The molecule has 57 heavy (non-hydrogen) atoms. The number of likely N-dealkylation sites (tertiary alicyclic amines) is 1. The van der Waals surface area contributed by atoms with E-state index in [1.165, 1.54) is 0 Å². The number of anilines is 3. The van der Waals surface area contributed by atoms with E-state index in [1.807, 2.05) is 24.3 Å². The van der Waals surface area contributed by atoms with Crippen LogP contribution in [0.2, 0.25) is 0 Å². The SMILES string of the molecule is Cn1c(=O)n(C2CCC(=O)NC2=O)c2cccc(N3CCC4(CC3)CN(CC3CCN(c5nc6cc(C(C)(C)O)c(NC(=O)c7ccccn7)cc6s5)CC3)C4)c21. The average molecular weight is 792 g/mol. The maximum absolute atomic E-state index is 13.5. The van der Waals surface area contributed by atoms with E-state index in [0.29, 0.717) is 34.7 Å². The van der Waals surface area contributed by atoms with Crippen molar-refractivity contribution >= 4 is 66.8 Å². The number of para-hydroxylation sites is 1. The Morgan fingerprint density at radius 1 is 1.00 bits per heavy atom. The van der Waals surface area contributed by atoms with E-state index in [9.17, 15) is 24.3 Å². The lowest BCUT2D eigenvalue weighted by atomic mass is 9.71. The van der Waals surface area contributed by atoms with E-state index in [4.69, 9.17) is 4.98 Å². The first-order valence-electron chi connectivity index (χ1n) is 20.0. The van der Waals surface area contributed by atoms with Crippen LogP contribution in [-0.4, -0.2) is 92.6 Å². The number of carbonyl (C=O) groups excluding carboxylic acids is 3. The highest BCUT2D eigenvalue weighted by atomic mass is 32.1. The van der Waals surface area contributed by atoms with Gasteiger partial charge in [0.05, 0.1) is 32.5 Å². The van der Waals surface area contributed by atoms with Crippen LogP contribution in [0.3, 0.4) is 0 Å². The van der Waals surface area contributed by atoms with Crippen LogP contribution in [0.5, 0.6) is 0 Å². The van der Waals surface area contributed by atoms with Crippen molar-refractivity contribution in [2.24, 2.45) is 18.4 Å². The Morgan fingerprint density at radius 3 is 2.47 bits per heavy atom. The molecule has 14 nitrogen and oxygen atoms in total. The van der Waals surface area contributed by atoms with E-state index in [2.05, 4.69) is 36.4 Å². The molecule has 4 aliphatic heterocycles. The highest BCUT2D eigenvalue weighted by Gasteiger charge is 2.45. The zero-order valence-corrected chi connectivity index (χ0v) is 33.5. The van der Waals surface area contributed by atoms with Gasteiger partial charge in [0.1, 0.15) is 11.7 Å². The number of aliphatic hydroxyl groups is 1. The largest absolute Gasteiger partial charge is 0.386 e. The highest BCUT2D eigenvalue weighted by Crippen LogP contribution is 2.44. The topological polar surface area (TPSA) is 158 Å². The minimum atomic E-state index is -1.18. The molecule has 5 aromatic rings. The molecule has 298 valence electrons. The number of pyridine rings is 1. The van der Waals surface area contributed by atoms with Gasteiger partial charge in [-0.3, -0.25) is 33.8 Å². The second kappa shape index (κ2) is 14.4. The fraction of sp³-hybridized carbons (Fsp3) is 0.476. The molecule has 4 aliphatic rings. The van der Waals surface area contributed by atoms with Crippen molar-refractivity contribution in [3.63, 3.8) is 0 Å². The molecule has 0 bridgehead atoms. The minimum absolute atomic E-state index is 0.221. The number of aryl methyl sites for hydroxylation is 1. The molecule has 0 radical (unpaired) electrons.